The van der Waals surface area contributed by atoms with Crippen LogP contribution in [-0.2, 0) is 30.9 Å². The van der Waals surface area contributed by atoms with Crippen LogP contribution in [0.2, 0.25) is 5.02 Å². The third-order valence-electron chi connectivity index (χ3n) is 6.10. The lowest BCUT2D eigenvalue weighted by Gasteiger charge is -2.37. The summed E-state index contributed by atoms with van der Waals surface area (Å²) in [6.07, 6.45) is -1.14. The van der Waals surface area contributed by atoms with E-state index in [9.17, 15) is 27.9 Å². The quantitative estimate of drug-likeness (QED) is 0.255. The van der Waals surface area contributed by atoms with Gasteiger partial charge in [-0.05, 0) is 18.2 Å². The minimum atomic E-state index is -4.33. The van der Waals surface area contributed by atoms with Crippen LogP contribution in [0.25, 0.3) is 0 Å². The van der Waals surface area contributed by atoms with Crippen molar-refractivity contribution in [1.29, 1.82) is 0 Å². The van der Waals surface area contributed by atoms with Gasteiger partial charge in [0.05, 0.1) is 38.6 Å². The molecule has 16 heteroatoms. The van der Waals surface area contributed by atoms with Crippen molar-refractivity contribution in [3.05, 3.63) is 80.8 Å². The lowest BCUT2D eigenvalue weighted by Crippen LogP contribution is -2.49. The molecule has 1 aliphatic rings. The van der Waals surface area contributed by atoms with Gasteiger partial charge in [0, 0.05) is 21.9 Å². The Hall–Kier alpha value is -4.47. The Balaban J connectivity index is 1.69. The van der Waals surface area contributed by atoms with E-state index in [1.807, 2.05) is 4.72 Å². The van der Waals surface area contributed by atoms with E-state index in [1.165, 1.54) is 42.7 Å². The van der Waals surface area contributed by atoms with E-state index in [-0.39, 0.29) is 27.7 Å². The second-order valence-corrected chi connectivity index (χ2v) is 11.4. The summed E-state index contributed by atoms with van der Waals surface area (Å²) >= 11 is 7.11. The van der Waals surface area contributed by atoms with Crippen LogP contribution >= 0.6 is 22.9 Å². The minimum absolute atomic E-state index is 0.0792. The number of benzene rings is 2. The van der Waals surface area contributed by atoms with Gasteiger partial charge >= 0.3 is 12.0 Å². The number of anilines is 1. The zero-order valence-electron chi connectivity index (χ0n) is 22.3. The molecule has 0 radical (unpaired) electrons. The summed E-state index contributed by atoms with van der Waals surface area (Å²) in [6.45, 7) is -0.141. The second-order valence-electron chi connectivity index (χ2n) is 8.58. The van der Waals surface area contributed by atoms with Crippen molar-refractivity contribution in [1.82, 2.24) is 14.9 Å². The summed E-state index contributed by atoms with van der Waals surface area (Å²) in [4.78, 5) is 39.6. The average molecular weight is 637 g/mol. The van der Waals surface area contributed by atoms with E-state index >= 15 is 0 Å². The zero-order valence-corrected chi connectivity index (χ0v) is 24.7. The summed E-state index contributed by atoms with van der Waals surface area (Å²) in [7, 11) is -0.370. The van der Waals surface area contributed by atoms with E-state index in [2.05, 4.69) is 10.6 Å². The first kappa shape index (κ1) is 30.5. The number of hydrogen-bond acceptors (Lipinski definition) is 11. The number of esters is 1. The standard InChI is InChI=1S/C26H25ClN4O9S2/c1-38-18-9-6-7-14(22(18)39-2)11-31-23(29-20(25(34)40-3)21(32)24(31)33)15-12-41-13-17(15)28-26(35)30-42(36,37)19-10-5-4-8-16(19)27/h4-10,12-13,23,29,32H,11H2,1-3H3,(H2,28,30,35). The van der Waals surface area contributed by atoms with Crippen LogP contribution in [0.3, 0.4) is 0 Å². The molecule has 1 atom stereocenters. The van der Waals surface area contributed by atoms with Gasteiger partial charge in [-0.3, -0.25) is 4.79 Å². The summed E-state index contributed by atoms with van der Waals surface area (Å²) in [5.41, 5.74) is 0.392. The van der Waals surface area contributed by atoms with Crippen molar-refractivity contribution >= 4 is 56.6 Å². The summed E-state index contributed by atoms with van der Waals surface area (Å²) in [6, 6.07) is 9.53. The van der Waals surface area contributed by atoms with Crippen LogP contribution in [0, 0.1) is 0 Å². The summed E-state index contributed by atoms with van der Waals surface area (Å²) in [5, 5.41) is 18.9. The highest BCUT2D eigenvalue weighted by Crippen LogP contribution is 2.38. The average Bonchev–Trinajstić information content (AvgIpc) is 3.42. The predicted octanol–water partition coefficient (Wildman–Crippen LogP) is 3.50. The fraction of sp³-hybridized carbons (Fsp3) is 0.192. The van der Waals surface area contributed by atoms with Crippen LogP contribution in [-0.4, -0.2) is 57.7 Å². The van der Waals surface area contributed by atoms with Crippen molar-refractivity contribution in [3.8, 4) is 11.5 Å². The predicted molar refractivity (Wildman–Crippen MR) is 153 cm³/mol. The van der Waals surface area contributed by atoms with Crippen molar-refractivity contribution < 1.29 is 42.1 Å². The molecule has 0 bridgehead atoms. The van der Waals surface area contributed by atoms with Crippen LogP contribution in [0.15, 0.2) is 69.6 Å². The zero-order chi connectivity index (χ0) is 30.6. The lowest BCUT2D eigenvalue weighted by atomic mass is 10.1. The van der Waals surface area contributed by atoms with Crippen LogP contribution < -0.4 is 24.8 Å². The molecule has 42 heavy (non-hydrogen) atoms. The molecule has 3 aromatic rings. The highest BCUT2D eigenvalue weighted by atomic mass is 35.5. The second kappa shape index (κ2) is 12.6. The molecule has 222 valence electrons. The molecule has 4 N–H and O–H groups in total. The maximum atomic E-state index is 13.4. The first-order valence-electron chi connectivity index (χ1n) is 12.0. The van der Waals surface area contributed by atoms with Gasteiger partial charge in [0.1, 0.15) is 11.1 Å². The SMILES string of the molecule is COC(=O)C1=C(O)C(=O)N(Cc2cccc(OC)c2OC)C(c2cscc2NC(=O)NS(=O)(=O)c2ccccc2Cl)N1. The number of urea groups is 1. The van der Waals surface area contributed by atoms with Gasteiger partial charge in [-0.15, -0.1) is 11.3 Å². The molecule has 0 saturated heterocycles. The van der Waals surface area contributed by atoms with Crippen LogP contribution in [0.5, 0.6) is 11.5 Å². The molecule has 1 aromatic heterocycles. The highest BCUT2D eigenvalue weighted by molar-refractivity contribution is 7.90. The highest BCUT2D eigenvalue weighted by Gasteiger charge is 2.40. The van der Waals surface area contributed by atoms with Gasteiger partial charge in [0.15, 0.2) is 17.2 Å². The number of thiophene rings is 1. The number of carbonyl (C=O) groups is 3. The minimum Gasteiger partial charge on any atom is -0.501 e. The van der Waals surface area contributed by atoms with Crippen molar-refractivity contribution in [2.45, 2.75) is 17.6 Å². The maximum Gasteiger partial charge on any atom is 0.358 e. The number of ether oxygens (including phenoxy) is 3. The maximum absolute atomic E-state index is 13.4. The van der Waals surface area contributed by atoms with Crippen LogP contribution in [0.1, 0.15) is 17.3 Å². The Morgan fingerprint density at radius 3 is 2.50 bits per heavy atom. The number of methoxy groups -OCH3 is 3. The van der Waals surface area contributed by atoms with E-state index in [0.717, 1.165) is 18.4 Å². The fourth-order valence-electron chi connectivity index (χ4n) is 4.18. The fourth-order valence-corrected chi connectivity index (χ4v) is 6.41. The number of aliphatic hydroxyl groups excluding tert-OH is 1. The number of carbonyl (C=O) groups excluding carboxylic acids is 3. The van der Waals surface area contributed by atoms with Gasteiger partial charge in [0.25, 0.3) is 15.9 Å². The first-order chi connectivity index (χ1) is 20.0. The number of hydrogen-bond donors (Lipinski definition) is 4. The van der Waals surface area contributed by atoms with E-state index in [4.69, 9.17) is 25.8 Å². The third kappa shape index (κ3) is 6.07. The molecular formula is C26H25ClN4O9S2. The Labute approximate surface area is 249 Å². The Kier molecular flexibility index (Phi) is 9.14. The monoisotopic (exact) mass is 636 g/mol. The molecule has 0 aliphatic carbocycles. The first-order valence-corrected chi connectivity index (χ1v) is 14.8. The van der Waals surface area contributed by atoms with Crippen LogP contribution in [0.4, 0.5) is 10.5 Å². The molecule has 4 rings (SSSR count). The van der Waals surface area contributed by atoms with Gasteiger partial charge in [-0.25, -0.2) is 22.7 Å². The number of sulfonamides is 1. The molecule has 0 saturated carbocycles. The van der Waals surface area contributed by atoms with E-state index < -0.39 is 45.6 Å². The lowest BCUT2D eigenvalue weighted by molar-refractivity contribution is -0.142. The Morgan fingerprint density at radius 2 is 1.83 bits per heavy atom. The molecule has 3 amide bonds. The molecule has 13 nitrogen and oxygen atoms in total. The number of amides is 3. The number of para-hydroxylation sites is 1. The smallest absolute Gasteiger partial charge is 0.358 e. The largest absolute Gasteiger partial charge is 0.501 e. The van der Waals surface area contributed by atoms with Gasteiger partial charge < -0.3 is 34.9 Å². The summed E-state index contributed by atoms with van der Waals surface area (Å²) < 4.78 is 42.9. The number of nitrogens with zero attached hydrogens (tertiary/aromatic N) is 1. The number of halogens is 1. The van der Waals surface area contributed by atoms with Crippen molar-refractivity contribution in [2.75, 3.05) is 26.6 Å². The number of aliphatic hydroxyl groups is 1. The van der Waals surface area contributed by atoms with Gasteiger partial charge in [0.2, 0.25) is 5.76 Å². The Morgan fingerprint density at radius 1 is 1.10 bits per heavy atom. The molecule has 1 unspecified atom stereocenters. The number of rotatable bonds is 9. The molecule has 0 spiro atoms. The molecule has 1 aliphatic heterocycles. The molecular weight excluding hydrogens is 612 g/mol. The van der Waals surface area contributed by atoms with Gasteiger partial charge in [-0.1, -0.05) is 35.9 Å². The topological polar surface area (TPSA) is 173 Å². The molecule has 2 aromatic carbocycles. The summed E-state index contributed by atoms with van der Waals surface area (Å²) in [5.74, 6) is -2.08. The van der Waals surface area contributed by atoms with Crippen molar-refractivity contribution in [2.24, 2.45) is 0 Å². The molecule has 0 fully saturated rings. The molecule has 2 heterocycles. The number of nitrogens with one attached hydrogen (secondary N) is 3. The van der Waals surface area contributed by atoms with E-state index in [1.54, 1.807) is 29.6 Å². The Bertz CT molecular complexity index is 1670. The third-order valence-corrected chi connectivity index (χ3v) is 8.69. The van der Waals surface area contributed by atoms with Gasteiger partial charge in [-0.2, -0.15) is 0 Å². The van der Waals surface area contributed by atoms with Crippen molar-refractivity contribution in [3.63, 3.8) is 0 Å². The normalized spacial score (nSPS) is 15.1. The van der Waals surface area contributed by atoms with E-state index in [0.29, 0.717) is 17.1 Å².